The van der Waals surface area contributed by atoms with E-state index in [-0.39, 0.29) is 11.8 Å². The molecule has 0 aromatic heterocycles. The summed E-state index contributed by atoms with van der Waals surface area (Å²) in [6.07, 6.45) is 7.36. The first-order valence-electron chi connectivity index (χ1n) is 5.39. The highest BCUT2D eigenvalue weighted by Crippen LogP contribution is 2.68. The van der Waals surface area contributed by atoms with Gasteiger partial charge in [-0.2, -0.15) is 0 Å². The van der Waals surface area contributed by atoms with Crippen molar-refractivity contribution >= 4 is 5.78 Å². The van der Waals surface area contributed by atoms with Crippen LogP contribution in [0.15, 0.2) is 12.2 Å². The molecule has 1 heteroatoms. The van der Waals surface area contributed by atoms with E-state index in [1.807, 2.05) is 0 Å². The van der Waals surface area contributed by atoms with Gasteiger partial charge in [0, 0.05) is 11.8 Å². The smallest absolute Gasteiger partial charge is 0.139 e. The molecule has 0 unspecified atom stereocenters. The monoisotopic (exact) mass is 176 g/mol. The molecule has 4 atom stereocenters. The zero-order chi connectivity index (χ0) is 9.22. The van der Waals surface area contributed by atoms with Crippen LogP contribution < -0.4 is 0 Å². The van der Waals surface area contributed by atoms with Crippen molar-refractivity contribution in [1.29, 1.82) is 0 Å². The minimum absolute atomic E-state index is 0.285. The summed E-state index contributed by atoms with van der Waals surface area (Å²) < 4.78 is 0. The summed E-state index contributed by atoms with van der Waals surface area (Å²) in [7, 11) is 0. The molecule has 0 saturated heterocycles. The summed E-state index contributed by atoms with van der Waals surface area (Å²) in [5.74, 6) is 2.24. The Bertz CT molecular complexity index is 274. The van der Waals surface area contributed by atoms with Crippen LogP contribution in [-0.4, -0.2) is 5.78 Å². The Morgan fingerprint density at radius 1 is 1.15 bits per heavy atom. The summed E-state index contributed by atoms with van der Waals surface area (Å²) in [4.78, 5) is 11.9. The summed E-state index contributed by atoms with van der Waals surface area (Å²) in [5, 5.41) is 0. The van der Waals surface area contributed by atoms with E-state index in [9.17, 15) is 4.79 Å². The van der Waals surface area contributed by atoms with Gasteiger partial charge in [0.2, 0.25) is 0 Å². The van der Waals surface area contributed by atoms with Crippen LogP contribution in [0, 0.1) is 29.1 Å². The third-order valence-electron chi connectivity index (χ3n) is 4.66. The van der Waals surface area contributed by atoms with Crippen molar-refractivity contribution in [3.05, 3.63) is 12.2 Å². The lowest BCUT2D eigenvalue weighted by atomic mass is 9.64. The number of Topliss-reactive ketones (excluding diaryl/α,β-unsaturated/α-hetero) is 1. The number of rotatable bonds is 0. The summed E-state index contributed by atoms with van der Waals surface area (Å²) in [6.45, 7) is 4.24. The van der Waals surface area contributed by atoms with E-state index in [2.05, 4.69) is 26.0 Å². The van der Waals surface area contributed by atoms with Crippen molar-refractivity contribution in [2.45, 2.75) is 26.7 Å². The molecule has 0 N–H and O–H groups in total. The number of ketones is 1. The fourth-order valence-corrected chi connectivity index (χ4v) is 3.75. The second kappa shape index (κ2) is 2.08. The minimum atomic E-state index is 0.285. The van der Waals surface area contributed by atoms with E-state index in [1.54, 1.807) is 0 Å². The fraction of sp³-hybridized carbons (Fsp3) is 0.750. The van der Waals surface area contributed by atoms with Gasteiger partial charge in [-0.15, -0.1) is 0 Å². The van der Waals surface area contributed by atoms with Crippen molar-refractivity contribution in [3.8, 4) is 0 Å². The Labute approximate surface area is 79.2 Å². The van der Waals surface area contributed by atoms with Gasteiger partial charge in [-0.25, -0.2) is 0 Å². The lowest BCUT2D eigenvalue weighted by Gasteiger charge is -2.38. The van der Waals surface area contributed by atoms with Crippen LogP contribution in [0.1, 0.15) is 26.7 Å². The average Bonchev–Trinajstić information content (AvgIpc) is 2.78. The Kier molecular flexibility index (Phi) is 1.24. The Hall–Kier alpha value is -0.590. The standard InChI is InChI=1S/C12H16O/c1-7-9-3-4-10(8(2)11(7)13)12(9)5-6-12/h3-4,7-10H,5-6H2,1-2H3/t7-,8+,9+,10-. The Morgan fingerprint density at radius 3 is 2.00 bits per heavy atom. The Morgan fingerprint density at radius 2 is 1.62 bits per heavy atom. The van der Waals surface area contributed by atoms with Crippen molar-refractivity contribution < 1.29 is 4.79 Å². The number of carbonyl (C=O) groups is 1. The third-order valence-corrected chi connectivity index (χ3v) is 4.66. The molecule has 2 bridgehead atoms. The zero-order valence-electron chi connectivity index (χ0n) is 8.29. The number of hydrogen-bond donors (Lipinski definition) is 0. The van der Waals surface area contributed by atoms with Crippen LogP contribution in [0.3, 0.4) is 0 Å². The molecule has 1 spiro atoms. The molecular weight excluding hydrogens is 160 g/mol. The largest absolute Gasteiger partial charge is 0.299 e. The highest BCUT2D eigenvalue weighted by atomic mass is 16.1. The molecule has 2 fully saturated rings. The molecule has 0 heterocycles. The van der Waals surface area contributed by atoms with Crippen LogP contribution in [-0.2, 0) is 4.79 Å². The van der Waals surface area contributed by atoms with E-state index in [0.717, 1.165) is 0 Å². The molecule has 0 aromatic carbocycles. The van der Waals surface area contributed by atoms with Crippen LogP contribution in [0.4, 0.5) is 0 Å². The first-order valence-corrected chi connectivity index (χ1v) is 5.39. The SMILES string of the molecule is C[C@@H]1C(=O)[C@H](C)[C@@H]2C=C[C@H]1C21CC1. The maximum absolute atomic E-state index is 11.9. The first-order chi connectivity index (χ1) is 6.17. The Balaban J connectivity index is 2.06. The third kappa shape index (κ3) is 0.722. The van der Waals surface area contributed by atoms with Gasteiger partial charge in [-0.05, 0) is 30.1 Å². The van der Waals surface area contributed by atoms with Crippen molar-refractivity contribution in [1.82, 2.24) is 0 Å². The molecule has 13 heavy (non-hydrogen) atoms. The molecule has 0 aromatic rings. The van der Waals surface area contributed by atoms with Gasteiger partial charge in [0.25, 0.3) is 0 Å². The fourth-order valence-electron chi connectivity index (χ4n) is 3.75. The van der Waals surface area contributed by atoms with Gasteiger partial charge in [0.1, 0.15) is 5.78 Å². The molecule has 3 rings (SSSR count). The van der Waals surface area contributed by atoms with Gasteiger partial charge < -0.3 is 0 Å². The minimum Gasteiger partial charge on any atom is -0.299 e. The molecule has 0 aliphatic heterocycles. The van der Waals surface area contributed by atoms with Gasteiger partial charge in [0.15, 0.2) is 0 Å². The van der Waals surface area contributed by atoms with Crippen molar-refractivity contribution in [2.75, 3.05) is 0 Å². The van der Waals surface area contributed by atoms with Crippen LogP contribution in [0.5, 0.6) is 0 Å². The lowest BCUT2D eigenvalue weighted by Crippen LogP contribution is -2.41. The molecule has 0 radical (unpaired) electrons. The molecule has 70 valence electrons. The number of hydrogen-bond acceptors (Lipinski definition) is 1. The number of carbonyl (C=O) groups excluding carboxylic acids is 1. The van der Waals surface area contributed by atoms with E-state index in [1.165, 1.54) is 12.8 Å². The normalized spacial score (nSPS) is 50.2. The second-order valence-corrected chi connectivity index (χ2v) is 5.15. The molecular formula is C12H16O. The van der Waals surface area contributed by atoms with Gasteiger partial charge in [-0.1, -0.05) is 26.0 Å². The topological polar surface area (TPSA) is 17.1 Å². The van der Waals surface area contributed by atoms with Crippen LogP contribution in [0.2, 0.25) is 0 Å². The first kappa shape index (κ1) is 7.78. The van der Waals surface area contributed by atoms with E-state index in [4.69, 9.17) is 0 Å². The van der Waals surface area contributed by atoms with Gasteiger partial charge >= 0.3 is 0 Å². The molecule has 2 saturated carbocycles. The van der Waals surface area contributed by atoms with Crippen molar-refractivity contribution in [3.63, 3.8) is 0 Å². The molecule has 3 aliphatic carbocycles. The van der Waals surface area contributed by atoms with Gasteiger partial charge in [-0.3, -0.25) is 4.79 Å². The van der Waals surface area contributed by atoms with Crippen LogP contribution >= 0.6 is 0 Å². The highest BCUT2D eigenvalue weighted by Gasteiger charge is 2.63. The van der Waals surface area contributed by atoms with E-state index < -0.39 is 0 Å². The predicted octanol–water partition coefficient (Wildman–Crippen LogP) is 2.42. The van der Waals surface area contributed by atoms with E-state index in [0.29, 0.717) is 23.0 Å². The van der Waals surface area contributed by atoms with Crippen LogP contribution in [0.25, 0.3) is 0 Å². The summed E-state index contributed by atoms with van der Waals surface area (Å²) >= 11 is 0. The molecule has 1 nitrogen and oxygen atoms in total. The maximum atomic E-state index is 11.9. The maximum Gasteiger partial charge on any atom is 0.139 e. The average molecular weight is 176 g/mol. The molecule has 0 amide bonds. The number of allylic oxidation sites excluding steroid dienone is 2. The van der Waals surface area contributed by atoms with Gasteiger partial charge in [0.05, 0.1) is 0 Å². The second-order valence-electron chi connectivity index (χ2n) is 5.15. The predicted molar refractivity (Wildman–Crippen MR) is 51.1 cm³/mol. The summed E-state index contributed by atoms with van der Waals surface area (Å²) in [6, 6.07) is 0. The highest BCUT2D eigenvalue weighted by molar-refractivity contribution is 5.86. The quantitative estimate of drug-likeness (QED) is 0.518. The summed E-state index contributed by atoms with van der Waals surface area (Å²) in [5.41, 5.74) is 0.548. The van der Waals surface area contributed by atoms with E-state index >= 15 is 0 Å². The zero-order valence-corrected chi connectivity index (χ0v) is 8.29. The lowest BCUT2D eigenvalue weighted by molar-refractivity contribution is -0.133. The molecule has 3 aliphatic rings. The van der Waals surface area contributed by atoms with Crippen molar-refractivity contribution in [2.24, 2.45) is 29.1 Å².